The number of carboxylic acids is 1. The van der Waals surface area contributed by atoms with Gasteiger partial charge in [-0.1, -0.05) is 48.5 Å². The van der Waals surface area contributed by atoms with Crippen molar-refractivity contribution in [2.24, 2.45) is 0 Å². The van der Waals surface area contributed by atoms with Gasteiger partial charge in [0.15, 0.2) is 0 Å². The SMILES string of the molecule is O=C(O)CCc1ccc(CCc2ccc(N3C(=O)c4ccccc4C3=O)cc2)cc1. The minimum absolute atomic E-state index is 0.138. The Morgan fingerprint density at radius 3 is 1.57 bits per heavy atom. The third-order valence-electron chi connectivity index (χ3n) is 5.34. The highest BCUT2D eigenvalue weighted by atomic mass is 16.4. The monoisotopic (exact) mass is 399 g/mol. The van der Waals surface area contributed by atoms with E-state index in [0.29, 0.717) is 23.2 Å². The van der Waals surface area contributed by atoms with Gasteiger partial charge in [-0.2, -0.15) is 0 Å². The number of carbonyl (C=O) groups excluding carboxylic acids is 2. The van der Waals surface area contributed by atoms with Gasteiger partial charge in [0.05, 0.1) is 16.8 Å². The molecule has 1 aliphatic rings. The van der Waals surface area contributed by atoms with Crippen LogP contribution >= 0.6 is 0 Å². The molecule has 150 valence electrons. The Labute approximate surface area is 174 Å². The molecule has 3 aromatic carbocycles. The van der Waals surface area contributed by atoms with E-state index >= 15 is 0 Å². The fourth-order valence-electron chi connectivity index (χ4n) is 3.65. The number of aliphatic carboxylic acids is 1. The van der Waals surface area contributed by atoms with Crippen molar-refractivity contribution in [2.45, 2.75) is 25.7 Å². The lowest BCUT2D eigenvalue weighted by Gasteiger charge is -2.14. The predicted molar refractivity (Wildman–Crippen MR) is 114 cm³/mol. The van der Waals surface area contributed by atoms with E-state index in [-0.39, 0.29) is 18.2 Å². The summed E-state index contributed by atoms with van der Waals surface area (Å²) in [6.07, 6.45) is 2.36. The highest BCUT2D eigenvalue weighted by Crippen LogP contribution is 2.28. The highest BCUT2D eigenvalue weighted by Gasteiger charge is 2.36. The number of aryl methyl sites for hydroxylation is 3. The van der Waals surface area contributed by atoms with E-state index < -0.39 is 5.97 Å². The van der Waals surface area contributed by atoms with Crippen molar-refractivity contribution in [3.63, 3.8) is 0 Å². The topological polar surface area (TPSA) is 74.7 Å². The second-order valence-corrected chi connectivity index (χ2v) is 7.37. The molecule has 0 aromatic heterocycles. The summed E-state index contributed by atoms with van der Waals surface area (Å²) in [7, 11) is 0. The van der Waals surface area contributed by atoms with Gasteiger partial charge >= 0.3 is 5.97 Å². The Bertz CT molecular complexity index is 1070. The van der Waals surface area contributed by atoms with Gasteiger partial charge in [-0.25, -0.2) is 4.90 Å². The molecule has 0 atom stereocenters. The Morgan fingerprint density at radius 1 is 0.667 bits per heavy atom. The zero-order valence-corrected chi connectivity index (χ0v) is 16.4. The van der Waals surface area contributed by atoms with Crippen molar-refractivity contribution < 1.29 is 19.5 Å². The van der Waals surface area contributed by atoms with Crippen molar-refractivity contribution in [1.29, 1.82) is 0 Å². The summed E-state index contributed by atoms with van der Waals surface area (Å²) in [5.74, 6) is -1.36. The van der Waals surface area contributed by atoms with Crippen LogP contribution in [0, 0.1) is 0 Å². The third kappa shape index (κ3) is 4.01. The molecule has 1 N–H and O–H groups in total. The van der Waals surface area contributed by atoms with E-state index in [1.54, 1.807) is 24.3 Å². The molecule has 0 bridgehead atoms. The van der Waals surface area contributed by atoms with Gasteiger partial charge in [0.25, 0.3) is 11.8 Å². The summed E-state index contributed by atoms with van der Waals surface area (Å²) < 4.78 is 0. The summed E-state index contributed by atoms with van der Waals surface area (Å²) in [6.45, 7) is 0. The number of imide groups is 1. The predicted octanol–water partition coefficient (Wildman–Crippen LogP) is 4.29. The van der Waals surface area contributed by atoms with Crippen molar-refractivity contribution in [3.05, 3.63) is 101 Å². The van der Waals surface area contributed by atoms with E-state index in [4.69, 9.17) is 5.11 Å². The smallest absolute Gasteiger partial charge is 0.303 e. The van der Waals surface area contributed by atoms with E-state index in [0.717, 1.165) is 24.0 Å². The normalized spacial score (nSPS) is 12.9. The average molecular weight is 399 g/mol. The zero-order chi connectivity index (χ0) is 21.1. The van der Waals surface area contributed by atoms with E-state index in [1.165, 1.54) is 10.5 Å². The molecule has 0 aliphatic carbocycles. The van der Waals surface area contributed by atoms with Crippen LogP contribution in [0.3, 0.4) is 0 Å². The standard InChI is InChI=1S/C25H21NO4/c27-23(28)16-13-18-8-5-17(6-9-18)7-10-19-11-14-20(15-12-19)26-24(29)21-3-1-2-4-22(21)25(26)30/h1-6,8-9,11-12,14-15H,7,10,13,16H2,(H,27,28). The number of carboxylic acid groups (broad SMARTS) is 1. The molecule has 0 radical (unpaired) electrons. The largest absolute Gasteiger partial charge is 0.481 e. The van der Waals surface area contributed by atoms with Crippen molar-refractivity contribution in [1.82, 2.24) is 0 Å². The molecule has 3 aromatic rings. The van der Waals surface area contributed by atoms with Crippen LogP contribution in [0.1, 0.15) is 43.8 Å². The average Bonchev–Trinajstić information content (AvgIpc) is 3.02. The van der Waals surface area contributed by atoms with Crippen LogP contribution in [0.15, 0.2) is 72.8 Å². The minimum atomic E-state index is -0.788. The van der Waals surface area contributed by atoms with Crippen LogP contribution in [0.4, 0.5) is 5.69 Å². The van der Waals surface area contributed by atoms with Crippen molar-refractivity contribution in [3.8, 4) is 0 Å². The molecule has 2 amide bonds. The second-order valence-electron chi connectivity index (χ2n) is 7.37. The van der Waals surface area contributed by atoms with Gasteiger partial charge in [0.2, 0.25) is 0 Å². The van der Waals surface area contributed by atoms with Gasteiger partial charge in [0, 0.05) is 6.42 Å². The molecular formula is C25H21NO4. The summed E-state index contributed by atoms with van der Waals surface area (Å²) in [4.78, 5) is 37.1. The number of hydrogen-bond donors (Lipinski definition) is 1. The molecule has 30 heavy (non-hydrogen) atoms. The number of amides is 2. The maximum atomic E-state index is 12.6. The molecule has 1 heterocycles. The highest BCUT2D eigenvalue weighted by molar-refractivity contribution is 6.34. The maximum absolute atomic E-state index is 12.6. The molecule has 5 nitrogen and oxygen atoms in total. The Kier molecular flexibility index (Phi) is 5.44. The first kappa shape index (κ1) is 19.6. The zero-order valence-electron chi connectivity index (χ0n) is 16.4. The van der Waals surface area contributed by atoms with Gasteiger partial charge in [0.1, 0.15) is 0 Å². The number of benzene rings is 3. The van der Waals surface area contributed by atoms with Gasteiger partial charge < -0.3 is 5.11 Å². The van der Waals surface area contributed by atoms with Gasteiger partial charge in [-0.15, -0.1) is 0 Å². The first-order valence-electron chi connectivity index (χ1n) is 9.89. The first-order chi connectivity index (χ1) is 14.5. The number of carbonyl (C=O) groups is 3. The number of hydrogen-bond acceptors (Lipinski definition) is 3. The molecule has 5 heteroatoms. The minimum Gasteiger partial charge on any atom is -0.481 e. The number of fused-ring (bicyclic) bond motifs is 1. The molecule has 0 spiro atoms. The molecule has 1 aliphatic heterocycles. The van der Waals surface area contributed by atoms with Gasteiger partial charge in [-0.3, -0.25) is 14.4 Å². The number of rotatable bonds is 7. The molecule has 0 saturated heterocycles. The number of nitrogens with zero attached hydrogens (tertiary/aromatic N) is 1. The van der Waals surface area contributed by atoms with Crippen LogP contribution in [0.2, 0.25) is 0 Å². The molecule has 0 unspecified atom stereocenters. The summed E-state index contributed by atoms with van der Waals surface area (Å²) in [6, 6.07) is 22.4. The first-order valence-corrected chi connectivity index (χ1v) is 9.89. The summed E-state index contributed by atoms with van der Waals surface area (Å²) >= 11 is 0. The Hall–Kier alpha value is -3.73. The van der Waals surface area contributed by atoms with Gasteiger partial charge in [-0.05, 0) is 60.2 Å². The summed E-state index contributed by atoms with van der Waals surface area (Å²) in [5.41, 5.74) is 4.78. The summed E-state index contributed by atoms with van der Waals surface area (Å²) in [5, 5.41) is 8.76. The second kappa shape index (κ2) is 8.33. The lowest BCUT2D eigenvalue weighted by molar-refractivity contribution is -0.136. The Balaban J connectivity index is 1.38. The van der Waals surface area contributed by atoms with Crippen LogP contribution in [0.25, 0.3) is 0 Å². The van der Waals surface area contributed by atoms with E-state index in [9.17, 15) is 14.4 Å². The number of anilines is 1. The quantitative estimate of drug-likeness (QED) is 0.602. The third-order valence-corrected chi connectivity index (χ3v) is 5.34. The fourth-order valence-corrected chi connectivity index (χ4v) is 3.65. The van der Waals surface area contributed by atoms with Crippen LogP contribution in [-0.4, -0.2) is 22.9 Å². The molecule has 0 saturated carbocycles. The molecule has 4 rings (SSSR count). The van der Waals surface area contributed by atoms with Crippen LogP contribution in [-0.2, 0) is 24.1 Å². The van der Waals surface area contributed by atoms with E-state index in [1.807, 2.05) is 48.5 Å². The lowest BCUT2D eigenvalue weighted by Crippen LogP contribution is -2.29. The Morgan fingerprint density at radius 2 is 1.10 bits per heavy atom. The van der Waals surface area contributed by atoms with Crippen LogP contribution in [0.5, 0.6) is 0 Å². The fraction of sp³-hybridized carbons (Fsp3) is 0.160. The van der Waals surface area contributed by atoms with E-state index in [2.05, 4.69) is 0 Å². The maximum Gasteiger partial charge on any atom is 0.303 e. The molecule has 0 fully saturated rings. The van der Waals surface area contributed by atoms with Crippen LogP contribution < -0.4 is 4.90 Å². The van der Waals surface area contributed by atoms with Crippen molar-refractivity contribution in [2.75, 3.05) is 4.90 Å². The lowest BCUT2D eigenvalue weighted by atomic mass is 10.0. The molecular weight excluding hydrogens is 378 g/mol. The van der Waals surface area contributed by atoms with Crippen molar-refractivity contribution >= 4 is 23.5 Å².